The lowest BCUT2D eigenvalue weighted by Crippen LogP contribution is -2.47. The Morgan fingerprint density at radius 2 is 1.83 bits per heavy atom. The zero-order valence-corrected chi connectivity index (χ0v) is 22.0. The fraction of sp³-hybridized carbons (Fsp3) is 0.615. The number of aliphatic hydroxyl groups is 1. The first-order valence-corrected chi connectivity index (χ1v) is 12.6. The van der Waals surface area contributed by atoms with Gasteiger partial charge in [0.25, 0.3) is 11.5 Å². The van der Waals surface area contributed by atoms with Crippen LogP contribution in [-0.2, 0) is 11.3 Å². The lowest BCUT2D eigenvalue weighted by molar-refractivity contribution is -0.131. The van der Waals surface area contributed by atoms with Crippen LogP contribution in [0.5, 0.6) is 5.88 Å². The molecule has 4 rings (SSSR count). The van der Waals surface area contributed by atoms with Gasteiger partial charge in [-0.3, -0.25) is 19.0 Å². The van der Waals surface area contributed by atoms with E-state index in [-0.39, 0.29) is 35.5 Å². The van der Waals surface area contributed by atoms with Gasteiger partial charge in [0.2, 0.25) is 11.8 Å². The summed E-state index contributed by atoms with van der Waals surface area (Å²) in [5, 5.41) is 28.6. The molecule has 2 aliphatic rings. The van der Waals surface area contributed by atoms with Crippen molar-refractivity contribution in [1.29, 1.82) is 0 Å². The molecule has 1 saturated carbocycles. The summed E-state index contributed by atoms with van der Waals surface area (Å²) in [6, 6.07) is -0.263. The van der Waals surface area contributed by atoms with Crippen LogP contribution in [0.15, 0.2) is 10.9 Å². The molecule has 3 N–H and O–H groups in total. The molecular formula is C26H37N5O5. The number of nitrogens with one attached hydrogen (secondary N) is 1. The van der Waals surface area contributed by atoms with Crippen molar-refractivity contribution in [3.8, 4) is 5.88 Å². The van der Waals surface area contributed by atoms with Gasteiger partial charge in [-0.05, 0) is 57.9 Å². The van der Waals surface area contributed by atoms with E-state index < -0.39 is 22.9 Å². The molecule has 0 aromatic carbocycles. The molecule has 10 heteroatoms. The van der Waals surface area contributed by atoms with Crippen LogP contribution in [0, 0.1) is 12.3 Å². The third-order valence-corrected chi connectivity index (χ3v) is 6.74. The van der Waals surface area contributed by atoms with E-state index in [1.54, 1.807) is 31.7 Å². The molecule has 196 valence electrons. The lowest BCUT2D eigenvalue weighted by Gasteiger charge is -2.33. The number of hydrogen-bond donors (Lipinski definition) is 3. The van der Waals surface area contributed by atoms with Gasteiger partial charge in [0.15, 0.2) is 5.56 Å². The van der Waals surface area contributed by atoms with Crippen LogP contribution >= 0.6 is 0 Å². The van der Waals surface area contributed by atoms with Crippen molar-refractivity contribution in [3.05, 3.63) is 33.3 Å². The standard InChI is InChI=1S/C26H37N5O5/c1-15-17(11-12-19(32)29-13-7-8-18(29)26(5,6)36)22-30(14-25(2,3)4)23(34)20(24(35)31(22)28-15)21(33)27-16-9-10-16/h11-12,16,18,35-36H,7-10,13-14H2,1-6H3,(H,27,33). The average molecular weight is 500 g/mol. The number of aromatic nitrogens is 3. The number of carbonyl (C=O) groups is 2. The van der Waals surface area contributed by atoms with Gasteiger partial charge >= 0.3 is 0 Å². The Hall–Kier alpha value is -3.14. The molecule has 1 unspecified atom stereocenters. The maximum absolute atomic E-state index is 13.6. The number of rotatable bonds is 6. The first-order chi connectivity index (χ1) is 16.7. The van der Waals surface area contributed by atoms with Crippen molar-refractivity contribution in [2.24, 2.45) is 5.41 Å². The quantitative estimate of drug-likeness (QED) is 0.523. The Morgan fingerprint density at radius 3 is 2.42 bits per heavy atom. The zero-order valence-electron chi connectivity index (χ0n) is 22.0. The first-order valence-electron chi connectivity index (χ1n) is 12.6. The Morgan fingerprint density at radius 1 is 1.17 bits per heavy atom. The summed E-state index contributed by atoms with van der Waals surface area (Å²) in [4.78, 5) is 41.2. The molecule has 10 nitrogen and oxygen atoms in total. The van der Waals surface area contributed by atoms with Crippen LogP contribution in [0.3, 0.4) is 0 Å². The summed E-state index contributed by atoms with van der Waals surface area (Å²) in [7, 11) is 0. The van der Waals surface area contributed by atoms with Gasteiger partial charge < -0.3 is 20.4 Å². The van der Waals surface area contributed by atoms with E-state index in [4.69, 9.17) is 0 Å². The van der Waals surface area contributed by atoms with E-state index >= 15 is 0 Å². The second-order valence-corrected chi connectivity index (χ2v) is 11.8. The Bertz CT molecular complexity index is 1290. The maximum Gasteiger partial charge on any atom is 0.270 e. The molecule has 1 atom stereocenters. The van der Waals surface area contributed by atoms with Crippen LogP contribution in [-0.4, -0.2) is 65.3 Å². The number of aryl methyl sites for hydroxylation is 1. The third kappa shape index (κ3) is 5.04. The Balaban J connectivity index is 1.81. The number of likely N-dealkylation sites (tertiary alicyclic amines) is 1. The largest absolute Gasteiger partial charge is 0.492 e. The average Bonchev–Trinajstić information content (AvgIpc) is 3.29. The number of fused-ring (bicyclic) bond motifs is 1. The highest BCUT2D eigenvalue weighted by Crippen LogP contribution is 2.29. The van der Waals surface area contributed by atoms with E-state index in [2.05, 4.69) is 10.4 Å². The van der Waals surface area contributed by atoms with E-state index in [0.717, 1.165) is 25.7 Å². The van der Waals surface area contributed by atoms with Crippen LogP contribution < -0.4 is 10.9 Å². The second-order valence-electron chi connectivity index (χ2n) is 11.8. The second kappa shape index (κ2) is 9.06. The molecule has 1 aliphatic carbocycles. The van der Waals surface area contributed by atoms with Crippen molar-refractivity contribution >= 4 is 23.5 Å². The Kier molecular flexibility index (Phi) is 6.53. The summed E-state index contributed by atoms with van der Waals surface area (Å²) in [6.07, 6.45) is 6.25. The molecule has 1 saturated heterocycles. The number of carbonyl (C=O) groups excluding carboxylic acids is 2. The fourth-order valence-electron chi connectivity index (χ4n) is 4.88. The summed E-state index contributed by atoms with van der Waals surface area (Å²) < 4.78 is 2.67. The van der Waals surface area contributed by atoms with E-state index in [1.807, 2.05) is 20.8 Å². The summed E-state index contributed by atoms with van der Waals surface area (Å²) in [6.45, 7) is 11.9. The summed E-state index contributed by atoms with van der Waals surface area (Å²) in [5.41, 5.74) is -0.956. The zero-order chi connectivity index (χ0) is 26.6. The first kappa shape index (κ1) is 25.9. The molecule has 36 heavy (non-hydrogen) atoms. The number of aromatic hydroxyl groups is 1. The van der Waals surface area contributed by atoms with Crippen LogP contribution in [0.1, 0.15) is 81.9 Å². The van der Waals surface area contributed by atoms with Gasteiger partial charge in [-0.25, -0.2) is 0 Å². The smallest absolute Gasteiger partial charge is 0.270 e. The molecule has 3 heterocycles. The van der Waals surface area contributed by atoms with Crippen molar-refractivity contribution in [1.82, 2.24) is 24.4 Å². The van der Waals surface area contributed by atoms with Gasteiger partial charge in [0.05, 0.1) is 17.3 Å². The van der Waals surface area contributed by atoms with E-state index in [9.17, 15) is 24.6 Å². The van der Waals surface area contributed by atoms with Gasteiger partial charge in [0.1, 0.15) is 5.65 Å². The van der Waals surface area contributed by atoms with Gasteiger partial charge in [-0.1, -0.05) is 20.8 Å². The SMILES string of the molecule is Cc1nn2c(O)c(C(=O)NC3CC3)c(=O)n(CC(C)(C)C)c2c1C=CC(=O)N1CCCC1C(C)(C)O. The number of hydrogen-bond acceptors (Lipinski definition) is 6. The van der Waals surface area contributed by atoms with Crippen LogP contribution in [0.4, 0.5) is 0 Å². The summed E-state index contributed by atoms with van der Waals surface area (Å²) in [5.74, 6) is -1.38. The number of nitrogens with zero attached hydrogens (tertiary/aromatic N) is 4. The highest BCUT2D eigenvalue weighted by atomic mass is 16.3. The molecular weight excluding hydrogens is 462 g/mol. The summed E-state index contributed by atoms with van der Waals surface area (Å²) >= 11 is 0. The molecule has 2 aromatic heterocycles. The highest BCUT2D eigenvalue weighted by Gasteiger charge is 2.38. The monoisotopic (exact) mass is 499 g/mol. The minimum absolute atomic E-state index is 0.0187. The van der Waals surface area contributed by atoms with E-state index in [1.165, 1.54) is 15.2 Å². The molecule has 2 fully saturated rings. The van der Waals surface area contributed by atoms with Crippen molar-refractivity contribution in [3.63, 3.8) is 0 Å². The van der Waals surface area contributed by atoms with Gasteiger partial charge in [-0.2, -0.15) is 9.61 Å². The predicted molar refractivity (Wildman–Crippen MR) is 136 cm³/mol. The van der Waals surface area contributed by atoms with Crippen molar-refractivity contribution in [2.75, 3.05) is 6.54 Å². The molecule has 0 spiro atoms. The maximum atomic E-state index is 13.6. The Labute approximate surface area is 210 Å². The van der Waals surface area contributed by atoms with Crippen molar-refractivity contribution in [2.45, 2.75) is 91.5 Å². The topological polar surface area (TPSA) is 129 Å². The van der Waals surface area contributed by atoms with Gasteiger partial charge in [-0.15, -0.1) is 0 Å². The minimum Gasteiger partial charge on any atom is -0.492 e. The third-order valence-electron chi connectivity index (χ3n) is 6.74. The fourth-order valence-corrected chi connectivity index (χ4v) is 4.88. The predicted octanol–water partition coefficient (Wildman–Crippen LogP) is 2.22. The number of amides is 2. The molecule has 2 amide bonds. The minimum atomic E-state index is -1.02. The molecule has 0 radical (unpaired) electrons. The highest BCUT2D eigenvalue weighted by molar-refractivity contribution is 5.97. The van der Waals surface area contributed by atoms with Gasteiger partial charge in [0, 0.05) is 30.8 Å². The van der Waals surface area contributed by atoms with E-state index in [0.29, 0.717) is 23.4 Å². The lowest BCUT2D eigenvalue weighted by atomic mass is 9.96. The van der Waals surface area contributed by atoms with Crippen molar-refractivity contribution < 1.29 is 19.8 Å². The van der Waals surface area contributed by atoms with Crippen LogP contribution in [0.25, 0.3) is 11.7 Å². The van der Waals surface area contributed by atoms with Crippen LogP contribution in [0.2, 0.25) is 0 Å². The normalized spacial score (nSPS) is 19.0. The molecule has 1 aliphatic heterocycles. The molecule has 0 bridgehead atoms. The molecule has 2 aromatic rings.